The lowest BCUT2D eigenvalue weighted by Gasteiger charge is -2.35. The summed E-state index contributed by atoms with van der Waals surface area (Å²) in [4.78, 5) is 1.98. The van der Waals surface area contributed by atoms with Gasteiger partial charge in [0, 0.05) is 19.1 Å². The number of nitriles is 1. The van der Waals surface area contributed by atoms with Crippen LogP contribution < -0.4 is 0 Å². The minimum absolute atomic E-state index is 0.0797. The third kappa shape index (κ3) is 4.44. The Labute approximate surface area is 123 Å². The molecule has 1 atom stereocenters. The van der Waals surface area contributed by atoms with Gasteiger partial charge < -0.3 is 4.90 Å². The van der Waals surface area contributed by atoms with Crippen LogP contribution >= 0.6 is 0 Å². The maximum absolute atomic E-state index is 12.7. The van der Waals surface area contributed by atoms with E-state index in [1.165, 1.54) is 6.42 Å². The molecule has 1 fully saturated rings. The molecule has 1 aliphatic carbocycles. The average molecular weight is 301 g/mol. The Balaban J connectivity index is 2.93. The lowest BCUT2D eigenvalue weighted by atomic mass is 9.95. The molecule has 0 aromatic rings. The van der Waals surface area contributed by atoms with Gasteiger partial charge >= 0.3 is 0 Å². The summed E-state index contributed by atoms with van der Waals surface area (Å²) in [5, 5.41) is 8.21. The van der Waals surface area contributed by atoms with Gasteiger partial charge in [-0.2, -0.15) is 9.57 Å². The van der Waals surface area contributed by atoms with E-state index in [0.717, 1.165) is 25.7 Å². The number of likely N-dealkylation sites (N-methyl/N-ethyl adjacent to an activating group) is 1. The van der Waals surface area contributed by atoms with Crippen LogP contribution in [0.5, 0.6) is 0 Å². The molecule has 0 N–H and O–H groups in total. The van der Waals surface area contributed by atoms with Crippen LogP contribution in [0.2, 0.25) is 0 Å². The number of hydrogen-bond acceptors (Lipinski definition) is 4. The van der Waals surface area contributed by atoms with Crippen LogP contribution in [0.4, 0.5) is 0 Å². The number of rotatable bonds is 7. The molecule has 1 rings (SSSR count). The highest BCUT2D eigenvalue weighted by Crippen LogP contribution is 2.26. The number of hydrogen-bond donors (Lipinski definition) is 0. The highest BCUT2D eigenvalue weighted by molar-refractivity contribution is 7.90. The van der Waals surface area contributed by atoms with Crippen molar-refractivity contribution in [2.75, 3.05) is 27.2 Å². The summed E-state index contributed by atoms with van der Waals surface area (Å²) in [5.41, 5.74) is 0. The first kappa shape index (κ1) is 17.4. The SMILES string of the molecule is CC[C@@H](C#N)S(=O)(=O)N(CCN(C)C)C1CCCCC1. The van der Waals surface area contributed by atoms with E-state index in [4.69, 9.17) is 5.26 Å². The van der Waals surface area contributed by atoms with E-state index in [-0.39, 0.29) is 6.04 Å². The molecule has 0 aromatic carbocycles. The van der Waals surface area contributed by atoms with Gasteiger partial charge in [0.2, 0.25) is 10.0 Å². The molecule has 116 valence electrons. The monoisotopic (exact) mass is 301 g/mol. The van der Waals surface area contributed by atoms with Gasteiger partial charge in [-0.3, -0.25) is 0 Å². The highest BCUT2D eigenvalue weighted by atomic mass is 32.2. The van der Waals surface area contributed by atoms with Gasteiger partial charge in [0.1, 0.15) is 0 Å². The highest BCUT2D eigenvalue weighted by Gasteiger charge is 2.36. The minimum atomic E-state index is -3.51. The van der Waals surface area contributed by atoms with Gasteiger partial charge in [0.25, 0.3) is 0 Å². The first-order chi connectivity index (χ1) is 9.43. The van der Waals surface area contributed by atoms with E-state index in [2.05, 4.69) is 0 Å². The van der Waals surface area contributed by atoms with Gasteiger partial charge in [-0.05, 0) is 33.4 Å². The molecule has 5 nitrogen and oxygen atoms in total. The standard InChI is InChI=1S/C14H27N3O2S/c1-4-14(12-15)20(18,19)17(11-10-16(2)3)13-8-6-5-7-9-13/h13-14H,4-11H2,1-3H3/t14-/m0/s1. The predicted molar refractivity (Wildman–Crippen MR) is 80.7 cm³/mol. The van der Waals surface area contributed by atoms with Crippen molar-refractivity contribution >= 4 is 10.0 Å². The fraction of sp³-hybridized carbons (Fsp3) is 0.929. The molecule has 0 saturated heterocycles. The van der Waals surface area contributed by atoms with Crippen LogP contribution in [0.3, 0.4) is 0 Å². The molecule has 0 bridgehead atoms. The summed E-state index contributed by atoms with van der Waals surface area (Å²) < 4.78 is 27.0. The Morgan fingerprint density at radius 3 is 2.25 bits per heavy atom. The van der Waals surface area contributed by atoms with Crippen molar-refractivity contribution in [1.29, 1.82) is 5.26 Å². The van der Waals surface area contributed by atoms with Crippen LogP contribution in [0.25, 0.3) is 0 Å². The molecular weight excluding hydrogens is 274 g/mol. The molecule has 1 aliphatic rings. The third-order valence-electron chi connectivity index (χ3n) is 3.95. The summed E-state index contributed by atoms with van der Waals surface area (Å²) in [6, 6.07) is 2.04. The molecule has 0 aliphatic heterocycles. The Bertz CT molecular complexity index is 422. The van der Waals surface area contributed by atoms with E-state index in [1.807, 2.05) is 25.1 Å². The van der Waals surface area contributed by atoms with Gasteiger partial charge in [0.15, 0.2) is 5.25 Å². The molecular formula is C14H27N3O2S. The summed E-state index contributed by atoms with van der Waals surface area (Å²) in [7, 11) is 0.362. The zero-order chi connectivity index (χ0) is 15.2. The van der Waals surface area contributed by atoms with Crippen molar-refractivity contribution in [3.8, 4) is 6.07 Å². The van der Waals surface area contributed by atoms with E-state index in [9.17, 15) is 8.42 Å². The van der Waals surface area contributed by atoms with Crippen LogP contribution in [0.15, 0.2) is 0 Å². The molecule has 0 unspecified atom stereocenters. The molecule has 0 radical (unpaired) electrons. The zero-order valence-electron chi connectivity index (χ0n) is 12.9. The summed E-state index contributed by atoms with van der Waals surface area (Å²) in [6.07, 6.45) is 5.56. The largest absolute Gasteiger partial charge is 0.308 e. The first-order valence-electron chi connectivity index (χ1n) is 7.48. The number of sulfonamides is 1. The Morgan fingerprint density at radius 1 is 1.20 bits per heavy atom. The van der Waals surface area contributed by atoms with Gasteiger partial charge in [0.05, 0.1) is 6.07 Å². The Kier molecular flexibility index (Phi) is 6.93. The fourth-order valence-electron chi connectivity index (χ4n) is 2.72. The molecule has 0 spiro atoms. The summed E-state index contributed by atoms with van der Waals surface area (Å²) in [5.74, 6) is 0. The van der Waals surface area contributed by atoms with E-state index in [0.29, 0.717) is 19.5 Å². The lowest BCUT2D eigenvalue weighted by molar-refractivity contribution is 0.232. The van der Waals surface area contributed by atoms with E-state index < -0.39 is 15.3 Å². The van der Waals surface area contributed by atoms with Crippen molar-refractivity contribution in [2.45, 2.75) is 56.7 Å². The second-order valence-corrected chi connectivity index (χ2v) is 7.84. The van der Waals surface area contributed by atoms with Crippen LogP contribution in [0, 0.1) is 11.3 Å². The quantitative estimate of drug-likeness (QED) is 0.719. The van der Waals surface area contributed by atoms with Crippen LogP contribution in [0.1, 0.15) is 45.4 Å². The molecule has 0 aromatic heterocycles. The second-order valence-electron chi connectivity index (χ2n) is 5.78. The Morgan fingerprint density at radius 2 is 1.80 bits per heavy atom. The maximum atomic E-state index is 12.7. The molecule has 0 heterocycles. The molecule has 20 heavy (non-hydrogen) atoms. The van der Waals surface area contributed by atoms with Crippen molar-refractivity contribution in [1.82, 2.24) is 9.21 Å². The molecule has 1 saturated carbocycles. The third-order valence-corrected chi connectivity index (χ3v) is 6.24. The molecule has 0 amide bonds. The molecule has 6 heteroatoms. The minimum Gasteiger partial charge on any atom is -0.308 e. The smallest absolute Gasteiger partial charge is 0.230 e. The maximum Gasteiger partial charge on any atom is 0.230 e. The lowest BCUT2D eigenvalue weighted by Crippen LogP contribution is -2.48. The van der Waals surface area contributed by atoms with E-state index >= 15 is 0 Å². The Hall–Kier alpha value is -0.640. The fourth-order valence-corrected chi connectivity index (χ4v) is 4.56. The van der Waals surface area contributed by atoms with E-state index in [1.54, 1.807) is 11.2 Å². The van der Waals surface area contributed by atoms with Gasteiger partial charge in [-0.25, -0.2) is 8.42 Å². The van der Waals surface area contributed by atoms with Crippen LogP contribution in [-0.2, 0) is 10.0 Å². The normalized spacial score (nSPS) is 19.2. The summed E-state index contributed by atoms with van der Waals surface area (Å²) in [6.45, 7) is 2.94. The first-order valence-corrected chi connectivity index (χ1v) is 8.98. The second kappa shape index (κ2) is 7.96. The van der Waals surface area contributed by atoms with Gasteiger partial charge in [-0.15, -0.1) is 0 Å². The predicted octanol–water partition coefficient (Wildman–Crippen LogP) is 1.81. The average Bonchev–Trinajstić information content (AvgIpc) is 2.40. The zero-order valence-corrected chi connectivity index (χ0v) is 13.7. The topological polar surface area (TPSA) is 64.4 Å². The van der Waals surface area contributed by atoms with Crippen molar-refractivity contribution in [3.05, 3.63) is 0 Å². The van der Waals surface area contributed by atoms with Crippen LogP contribution in [-0.4, -0.2) is 56.1 Å². The van der Waals surface area contributed by atoms with Gasteiger partial charge in [-0.1, -0.05) is 26.2 Å². The van der Waals surface area contributed by atoms with Crippen molar-refractivity contribution < 1.29 is 8.42 Å². The van der Waals surface area contributed by atoms with Crippen molar-refractivity contribution in [2.24, 2.45) is 0 Å². The number of nitrogens with zero attached hydrogens (tertiary/aromatic N) is 3. The van der Waals surface area contributed by atoms with Crippen molar-refractivity contribution in [3.63, 3.8) is 0 Å². The summed E-state index contributed by atoms with van der Waals surface area (Å²) >= 11 is 0.